The van der Waals surface area contributed by atoms with E-state index >= 15 is 0 Å². The molecule has 0 bridgehead atoms. The van der Waals surface area contributed by atoms with Crippen LogP contribution in [0.25, 0.3) is 10.8 Å². The van der Waals surface area contributed by atoms with Crippen LogP contribution in [0.1, 0.15) is 16.8 Å². The summed E-state index contributed by atoms with van der Waals surface area (Å²) in [7, 11) is 1.55. The Labute approximate surface area is 129 Å². The van der Waals surface area contributed by atoms with E-state index in [0.29, 0.717) is 31.7 Å². The van der Waals surface area contributed by atoms with E-state index in [9.17, 15) is 9.59 Å². The standard InChI is InChI=1S/C17H20N2O3/c1-22-12-9-16(20)18-10-11-19-17(21)15-8-4-6-13-5-2-3-7-14(13)15/h2-8H,9-12H2,1H3,(H,18,20)(H,19,21). The second-order valence-electron chi connectivity index (χ2n) is 4.88. The van der Waals surface area contributed by atoms with Crippen LogP contribution in [0.5, 0.6) is 0 Å². The largest absolute Gasteiger partial charge is 0.384 e. The zero-order chi connectivity index (χ0) is 15.8. The number of rotatable bonds is 7. The Hall–Kier alpha value is -2.40. The van der Waals surface area contributed by atoms with Crippen molar-refractivity contribution >= 4 is 22.6 Å². The number of fused-ring (bicyclic) bond motifs is 1. The monoisotopic (exact) mass is 300 g/mol. The third-order valence-corrected chi connectivity index (χ3v) is 3.30. The van der Waals surface area contributed by atoms with Crippen molar-refractivity contribution in [3.05, 3.63) is 48.0 Å². The Morgan fingerprint density at radius 2 is 1.73 bits per heavy atom. The van der Waals surface area contributed by atoms with Gasteiger partial charge in [-0.05, 0) is 16.8 Å². The minimum Gasteiger partial charge on any atom is -0.384 e. The first-order chi connectivity index (χ1) is 10.7. The van der Waals surface area contributed by atoms with E-state index in [4.69, 9.17) is 4.74 Å². The third-order valence-electron chi connectivity index (χ3n) is 3.30. The molecule has 5 heteroatoms. The Balaban J connectivity index is 1.86. The normalized spacial score (nSPS) is 10.4. The van der Waals surface area contributed by atoms with E-state index in [1.807, 2.05) is 36.4 Å². The Morgan fingerprint density at radius 3 is 2.55 bits per heavy atom. The van der Waals surface area contributed by atoms with Crippen LogP contribution < -0.4 is 10.6 Å². The summed E-state index contributed by atoms with van der Waals surface area (Å²) in [6, 6.07) is 13.4. The van der Waals surface area contributed by atoms with Gasteiger partial charge in [0.05, 0.1) is 6.61 Å². The molecule has 2 aromatic rings. The van der Waals surface area contributed by atoms with Crippen molar-refractivity contribution in [2.75, 3.05) is 26.8 Å². The lowest BCUT2D eigenvalue weighted by Gasteiger charge is -2.09. The second kappa shape index (κ2) is 8.14. The van der Waals surface area contributed by atoms with Gasteiger partial charge in [0.25, 0.3) is 5.91 Å². The Kier molecular flexibility index (Phi) is 5.91. The first-order valence-electron chi connectivity index (χ1n) is 7.24. The average molecular weight is 300 g/mol. The molecule has 0 heterocycles. The number of methoxy groups -OCH3 is 1. The molecule has 116 valence electrons. The first kappa shape index (κ1) is 16.0. The number of hydrogen-bond acceptors (Lipinski definition) is 3. The molecule has 2 rings (SSSR count). The molecule has 0 radical (unpaired) electrons. The van der Waals surface area contributed by atoms with Crippen LogP contribution in [0.3, 0.4) is 0 Å². The third kappa shape index (κ3) is 4.30. The predicted molar refractivity (Wildman–Crippen MR) is 85.8 cm³/mol. The highest BCUT2D eigenvalue weighted by molar-refractivity contribution is 6.06. The highest BCUT2D eigenvalue weighted by Crippen LogP contribution is 2.18. The predicted octanol–water partition coefficient (Wildman–Crippen LogP) is 1.72. The maximum atomic E-state index is 12.2. The molecule has 0 fully saturated rings. The van der Waals surface area contributed by atoms with E-state index in [0.717, 1.165) is 10.8 Å². The van der Waals surface area contributed by atoms with Gasteiger partial charge in [-0.15, -0.1) is 0 Å². The molecule has 0 saturated carbocycles. The molecule has 0 atom stereocenters. The molecule has 2 aromatic carbocycles. The molecular formula is C17H20N2O3. The molecule has 2 N–H and O–H groups in total. The lowest BCUT2D eigenvalue weighted by Crippen LogP contribution is -2.35. The fourth-order valence-electron chi connectivity index (χ4n) is 2.18. The fraction of sp³-hybridized carbons (Fsp3) is 0.294. The van der Waals surface area contributed by atoms with Gasteiger partial charge in [-0.2, -0.15) is 0 Å². The second-order valence-corrected chi connectivity index (χ2v) is 4.88. The molecule has 2 amide bonds. The number of hydrogen-bond donors (Lipinski definition) is 2. The van der Waals surface area contributed by atoms with Crippen LogP contribution in [0.15, 0.2) is 42.5 Å². The van der Waals surface area contributed by atoms with Gasteiger partial charge in [-0.25, -0.2) is 0 Å². The smallest absolute Gasteiger partial charge is 0.251 e. The molecular weight excluding hydrogens is 280 g/mol. The lowest BCUT2D eigenvalue weighted by molar-refractivity contribution is -0.121. The van der Waals surface area contributed by atoms with E-state index in [-0.39, 0.29) is 11.8 Å². The van der Waals surface area contributed by atoms with Crippen molar-refractivity contribution < 1.29 is 14.3 Å². The topological polar surface area (TPSA) is 67.4 Å². The van der Waals surface area contributed by atoms with E-state index in [2.05, 4.69) is 10.6 Å². The van der Waals surface area contributed by atoms with Gasteiger partial charge in [0.15, 0.2) is 0 Å². The molecule has 0 saturated heterocycles. The van der Waals surface area contributed by atoms with Gasteiger partial charge in [-0.1, -0.05) is 36.4 Å². The molecule has 5 nitrogen and oxygen atoms in total. The summed E-state index contributed by atoms with van der Waals surface area (Å²) in [6.07, 6.45) is 0.327. The van der Waals surface area contributed by atoms with Crippen molar-refractivity contribution in [2.45, 2.75) is 6.42 Å². The first-order valence-corrected chi connectivity index (χ1v) is 7.24. The van der Waals surface area contributed by atoms with Crippen LogP contribution in [-0.4, -0.2) is 38.6 Å². The van der Waals surface area contributed by atoms with Crippen molar-refractivity contribution in [1.29, 1.82) is 0 Å². The number of nitrogens with one attached hydrogen (secondary N) is 2. The number of carbonyl (C=O) groups is 2. The number of carbonyl (C=O) groups excluding carboxylic acids is 2. The zero-order valence-electron chi connectivity index (χ0n) is 12.6. The van der Waals surface area contributed by atoms with Crippen molar-refractivity contribution in [3.8, 4) is 0 Å². The number of ether oxygens (including phenoxy) is 1. The van der Waals surface area contributed by atoms with Crippen molar-refractivity contribution in [1.82, 2.24) is 10.6 Å². The molecule has 0 aliphatic heterocycles. The summed E-state index contributed by atoms with van der Waals surface area (Å²) in [6.45, 7) is 1.19. The molecule has 0 unspecified atom stereocenters. The summed E-state index contributed by atoms with van der Waals surface area (Å²) in [5.74, 6) is -0.218. The lowest BCUT2D eigenvalue weighted by atomic mass is 10.0. The number of amides is 2. The maximum Gasteiger partial charge on any atom is 0.251 e. The SMILES string of the molecule is COCCC(=O)NCCNC(=O)c1cccc2ccccc12. The van der Waals surface area contributed by atoms with Gasteiger partial charge in [0.1, 0.15) is 0 Å². The Morgan fingerprint density at radius 1 is 1.00 bits per heavy atom. The molecule has 0 spiro atoms. The summed E-state index contributed by atoms with van der Waals surface area (Å²) in [5, 5.41) is 7.50. The summed E-state index contributed by atoms with van der Waals surface area (Å²) >= 11 is 0. The number of benzene rings is 2. The van der Waals surface area contributed by atoms with Crippen molar-refractivity contribution in [2.24, 2.45) is 0 Å². The van der Waals surface area contributed by atoms with Crippen LogP contribution in [0.2, 0.25) is 0 Å². The van der Waals surface area contributed by atoms with Crippen LogP contribution in [-0.2, 0) is 9.53 Å². The minimum absolute atomic E-state index is 0.0822. The van der Waals surface area contributed by atoms with Crippen LogP contribution in [0.4, 0.5) is 0 Å². The van der Waals surface area contributed by atoms with E-state index in [1.54, 1.807) is 13.2 Å². The minimum atomic E-state index is -0.136. The molecule has 0 aliphatic carbocycles. The zero-order valence-corrected chi connectivity index (χ0v) is 12.6. The quantitative estimate of drug-likeness (QED) is 0.765. The fourth-order valence-corrected chi connectivity index (χ4v) is 2.18. The van der Waals surface area contributed by atoms with Gasteiger partial charge >= 0.3 is 0 Å². The van der Waals surface area contributed by atoms with Crippen LogP contribution in [0, 0.1) is 0 Å². The van der Waals surface area contributed by atoms with Crippen LogP contribution >= 0.6 is 0 Å². The average Bonchev–Trinajstić information content (AvgIpc) is 2.56. The summed E-state index contributed by atoms with van der Waals surface area (Å²) in [4.78, 5) is 23.6. The van der Waals surface area contributed by atoms with Gasteiger partial charge in [-0.3, -0.25) is 9.59 Å². The van der Waals surface area contributed by atoms with Crippen molar-refractivity contribution in [3.63, 3.8) is 0 Å². The Bertz CT molecular complexity index is 650. The maximum absolute atomic E-state index is 12.2. The van der Waals surface area contributed by atoms with Gasteiger partial charge in [0, 0.05) is 32.2 Å². The highest BCUT2D eigenvalue weighted by atomic mass is 16.5. The molecule has 0 aromatic heterocycles. The van der Waals surface area contributed by atoms with Gasteiger partial charge in [0.2, 0.25) is 5.91 Å². The summed E-state index contributed by atoms with van der Waals surface area (Å²) < 4.78 is 4.83. The van der Waals surface area contributed by atoms with E-state index in [1.165, 1.54) is 0 Å². The summed E-state index contributed by atoms with van der Waals surface area (Å²) in [5.41, 5.74) is 0.642. The molecule has 22 heavy (non-hydrogen) atoms. The van der Waals surface area contributed by atoms with E-state index < -0.39 is 0 Å². The molecule has 0 aliphatic rings. The van der Waals surface area contributed by atoms with Gasteiger partial charge < -0.3 is 15.4 Å². The highest BCUT2D eigenvalue weighted by Gasteiger charge is 2.08.